The third-order valence-electron chi connectivity index (χ3n) is 7.52. The van der Waals surface area contributed by atoms with Crippen LogP contribution in [0.2, 0.25) is 0 Å². The second-order valence-electron chi connectivity index (χ2n) is 10.6. The number of hydrogen-bond acceptors (Lipinski definition) is 10. The van der Waals surface area contributed by atoms with Gasteiger partial charge >= 0.3 is 12.2 Å². The summed E-state index contributed by atoms with van der Waals surface area (Å²) < 4.78 is 52.6. The number of benzene rings is 2. The van der Waals surface area contributed by atoms with E-state index < -0.39 is 17.8 Å². The Hall–Kier alpha value is -5.80. The van der Waals surface area contributed by atoms with Crippen LogP contribution < -0.4 is 41.0 Å². The van der Waals surface area contributed by atoms with E-state index >= 15 is 0 Å². The minimum absolute atomic E-state index is 0.0879. The van der Waals surface area contributed by atoms with Crippen LogP contribution in [0.25, 0.3) is 0 Å². The quantitative estimate of drug-likeness (QED) is 0.156. The van der Waals surface area contributed by atoms with Gasteiger partial charge in [-0.25, -0.2) is 14.8 Å². The second-order valence-corrected chi connectivity index (χ2v) is 10.6. The topological polar surface area (TPSA) is 155 Å². The first kappa shape index (κ1) is 31.2. The number of hydrogen-bond donors (Lipinski definition) is 5. The van der Waals surface area contributed by atoms with Crippen molar-refractivity contribution in [3.63, 3.8) is 0 Å². The third-order valence-corrected chi connectivity index (χ3v) is 7.52. The molecule has 16 heteroatoms. The summed E-state index contributed by atoms with van der Waals surface area (Å²) in [7, 11) is 1.49. The lowest BCUT2D eigenvalue weighted by Crippen LogP contribution is -2.35. The van der Waals surface area contributed by atoms with E-state index in [-0.39, 0.29) is 35.7 Å². The summed E-state index contributed by atoms with van der Waals surface area (Å²) in [6, 6.07) is 11.4. The highest BCUT2D eigenvalue weighted by molar-refractivity contribution is 6.00. The smallest absolute Gasteiger partial charge is 0.416 e. The van der Waals surface area contributed by atoms with Crippen LogP contribution in [0.3, 0.4) is 0 Å². The Morgan fingerprint density at radius 2 is 1.83 bits per heavy atom. The van der Waals surface area contributed by atoms with Crippen molar-refractivity contribution in [3.8, 4) is 17.2 Å². The van der Waals surface area contributed by atoms with Crippen LogP contribution in [0.4, 0.5) is 46.7 Å². The zero-order valence-electron chi connectivity index (χ0n) is 25.0. The molecule has 2 aliphatic heterocycles. The largest absolute Gasteiger partial charge is 0.489 e. The van der Waals surface area contributed by atoms with E-state index in [0.717, 1.165) is 43.0 Å². The van der Waals surface area contributed by atoms with Gasteiger partial charge in [0.25, 0.3) is 5.91 Å². The number of fused-ring (bicyclic) bond motifs is 1. The highest BCUT2D eigenvalue weighted by atomic mass is 19.4. The van der Waals surface area contributed by atoms with Gasteiger partial charge in [-0.2, -0.15) is 13.2 Å². The number of aromatic nitrogens is 3. The molecule has 244 valence electrons. The molecular weight excluding hydrogens is 619 g/mol. The summed E-state index contributed by atoms with van der Waals surface area (Å²) in [5, 5.41) is 14.0. The summed E-state index contributed by atoms with van der Waals surface area (Å²) in [6.07, 6.45) is -0.0503. The predicted octanol–water partition coefficient (Wildman–Crippen LogP) is 5.53. The lowest BCUT2D eigenvalue weighted by atomic mass is 10.1. The Kier molecular flexibility index (Phi) is 8.81. The molecule has 0 radical (unpaired) electrons. The zero-order chi connectivity index (χ0) is 33.0. The number of nitrogens with one attached hydrogen (secondary N) is 5. The third kappa shape index (κ3) is 7.21. The average Bonchev–Trinajstić information content (AvgIpc) is 3.74. The number of rotatable bonds is 9. The first-order valence-electron chi connectivity index (χ1n) is 14.7. The van der Waals surface area contributed by atoms with E-state index in [4.69, 9.17) is 9.47 Å². The highest BCUT2D eigenvalue weighted by Gasteiger charge is 2.33. The van der Waals surface area contributed by atoms with Gasteiger partial charge in [0.15, 0.2) is 11.6 Å². The van der Waals surface area contributed by atoms with Crippen molar-refractivity contribution in [2.24, 2.45) is 0 Å². The molecule has 6 rings (SSSR count). The summed E-state index contributed by atoms with van der Waals surface area (Å²) in [4.78, 5) is 39.5. The number of nitrogens with zero attached hydrogens (tertiary/aromatic N) is 4. The van der Waals surface area contributed by atoms with Crippen LogP contribution in [0, 0.1) is 0 Å². The SMILES string of the molecule is CNC(=O)c1cc(Oc2ccc(NC(=O)Nc3cc(C(F)(F)F)ccc3OCC3CCCN3c3ncnc4c3NCN4)cc2)ccn1. The molecule has 2 aliphatic rings. The maximum absolute atomic E-state index is 13.6. The number of amides is 3. The molecule has 3 amide bonds. The van der Waals surface area contributed by atoms with Gasteiger partial charge in [0.1, 0.15) is 41.6 Å². The monoisotopic (exact) mass is 649 g/mol. The molecule has 1 fully saturated rings. The summed E-state index contributed by atoms with van der Waals surface area (Å²) in [5.74, 6) is 1.94. The van der Waals surface area contributed by atoms with E-state index in [0.29, 0.717) is 29.7 Å². The summed E-state index contributed by atoms with van der Waals surface area (Å²) in [5.41, 5.74) is 0.254. The Morgan fingerprint density at radius 1 is 1.00 bits per heavy atom. The van der Waals surface area contributed by atoms with Crippen molar-refractivity contribution in [3.05, 3.63) is 78.4 Å². The standard InChI is InChI=1S/C31H30F3N9O4/c1-35-29(44)24-14-22(10-11-36-24)47-21-7-5-19(6-8-21)41-30(45)42-23-13-18(31(32,33)34)4-9-25(23)46-15-20-3-2-12-43(20)28-26-27(38-16-37-26)39-17-40-28/h4-11,13-14,17,20,37H,2-3,12,15-16H2,1H3,(H,35,44)(H,38,39,40)(H2,41,42,45). The molecule has 47 heavy (non-hydrogen) atoms. The molecule has 0 saturated carbocycles. The number of urea groups is 1. The van der Waals surface area contributed by atoms with Gasteiger partial charge in [0, 0.05) is 31.5 Å². The molecule has 4 heterocycles. The predicted molar refractivity (Wildman–Crippen MR) is 168 cm³/mol. The van der Waals surface area contributed by atoms with E-state index in [1.165, 1.54) is 31.7 Å². The molecule has 1 atom stereocenters. The van der Waals surface area contributed by atoms with E-state index in [2.05, 4.69) is 46.4 Å². The van der Waals surface area contributed by atoms with Gasteiger partial charge in [0.2, 0.25) is 0 Å². The van der Waals surface area contributed by atoms with Gasteiger partial charge in [-0.05, 0) is 61.4 Å². The molecule has 4 aromatic rings. The van der Waals surface area contributed by atoms with Gasteiger partial charge in [-0.3, -0.25) is 9.78 Å². The zero-order valence-corrected chi connectivity index (χ0v) is 25.0. The maximum Gasteiger partial charge on any atom is 0.416 e. The Morgan fingerprint density at radius 3 is 2.62 bits per heavy atom. The first-order valence-corrected chi connectivity index (χ1v) is 14.7. The Balaban J connectivity index is 1.12. The minimum atomic E-state index is -4.63. The average molecular weight is 650 g/mol. The lowest BCUT2D eigenvalue weighted by Gasteiger charge is -2.27. The summed E-state index contributed by atoms with van der Waals surface area (Å²) >= 11 is 0. The molecule has 0 aliphatic carbocycles. The molecule has 0 bridgehead atoms. The maximum atomic E-state index is 13.6. The Bertz CT molecular complexity index is 1770. The molecule has 1 saturated heterocycles. The number of carbonyl (C=O) groups excluding carboxylic acids is 2. The molecule has 2 aromatic heterocycles. The number of alkyl halides is 3. The van der Waals surface area contributed by atoms with Crippen LogP contribution in [-0.4, -0.2) is 59.8 Å². The van der Waals surface area contributed by atoms with Crippen LogP contribution in [0.5, 0.6) is 17.2 Å². The second kappa shape index (κ2) is 13.3. The fourth-order valence-corrected chi connectivity index (χ4v) is 5.26. The van der Waals surface area contributed by atoms with Crippen molar-refractivity contribution in [1.82, 2.24) is 20.3 Å². The summed E-state index contributed by atoms with van der Waals surface area (Å²) in [6.45, 7) is 1.41. The number of anilines is 5. The highest BCUT2D eigenvalue weighted by Crippen LogP contribution is 2.38. The number of halogens is 3. The molecule has 1 unspecified atom stereocenters. The molecular formula is C31H30F3N9O4. The first-order chi connectivity index (χ1) is 22.7. The number of ether oxygens (including phenoxy) is 2. The molecule has 2 aromatic carbocycles. The number of carbonyl (C=O) groups is 2. The van der Waals surface area contributed by atoms with Crippen molar-refractivity contribution < 1.29 is 32.2 Å². The van der Waals surface area contributed by atoms with Crippen molar-refractivity contribution in [2.45, 2.75) is 25.1 Å². The lowest BCUT2D eigenvalue weighted by molar-refractivity contribution is -0.137. The fourth-order valence-electron chi connectivity index (χ4n) is 5.26. The van der Waals surface area contributed by atoms with Crippen LogP contribution in [-0.2, 0) is 6.18 Å². The van der Waals surface area contributed by atoms with Crippen LogP contribution in [0.15, 0.2) is 67.1 Å². The van der Waals surface area contributed by atoms with E-state index in [1.54, 1.807) is 30.3 Å². The van der Waals surface area contributed by atoms with Gasteiger partial charge in [-0.15, -0.1) is 0 Å². The minimum Gasteiger partial charge on any atom is -0.489 e. The fraction of sp³-hybridized carbons (Fsp3) is 0.258. The number of pyridine rings is 1. The normalized spacial score (nSPS) is 15.2. The van der Waals surface area contributed by atoms with Crippen molar-refractivity contribution >= 4 is 40.6 Å². The molecule has 13 nitrogen and oxygen atoms in total. The Labute approximate surface area is 266 Å². The van der Waals surface area contributed by atoms with Crippen LogP contribution >= 0.6 is 0 Å². The van der Waals surface area contributed by atoms with E-state index in [9.17, 15) is 22.8 Å². The van der Waals surface area contributed by atoms with Gasteiger partial charge in [0.05, 0.1) is 24.0 Å². The van der Waals surface area contributed by atoms with E-state index in [1.807, 2.05) is 0 Å². The van der Waals surface area contributed by atoms with Gasteiger partial charge in [-0.1, -0.05) is 0 Å². The molecule has 0 spiro atoms. The van der Waals surface area contributed by atoms with Crippen molar-refractivity contribution in [1.29, 1.82) is 0 Å². The van der Waals surface area contributed by atoms with Crippen LogP contribution in [0.1, 0.15) is 28.9 Å². The van der Waals surface area contributed by atoms with Crippen molar-refractivity contribution in [2.75, 3.05) is 53.0 Å². The van der Waals surface area contributed by atoms with Gasteiger partial charge < -0.3 is 41.0 Å². The molecule has 5 N–H and O–H groups in total.